The van der Waals surface area contributed by atoms with Gasteiger partial charge in [0.1, 0.15) is 18.2 Å². The molecule has 2 aromatic rings. The minimum atomic E-state index is -0.267. The van der Waals surface area contributed by atoms with Crippen LogP contribution in [0.2, 0.25) is 0 Å². The van der Waals surface area contributed by atoms with Crippen molar-refractivity contribution in [3.8, 4) is 11.3 Å². The molecule has 0 saturated heterocycles. The van der Waals surface area contributed by atoms with Crippen molar-refractivity contribution in [1.29, 1.82) is 0 Å². The molecule has 0 amide bonds. The summed E-state index contributed by atoms with van der Waals surface area (Å²) in [5.41, 5.74) is 2.28. The summed E-state index contributed by atoms with van der Waals surface area (Å²) in [5.74, 6) is 1.02. The van der Waals surface area contributed by atoms with Crippen LogP contribution < -0.4 is 5.32 Å². The van der Waals surface area contributed by atoms with Crippen LogP contribution in [0.4, 0.5) is 10.2 Å². The number of hydrogen-bond acceptors (Lipinski definition) is 4. The fourth-order valence-corrected chi connectivity index (χ4v) is 1.99. The highest BCUT2D eigenvalue weighted by atomic mass is 19.1. The molecule has 1 aromatic carbocycles. The van der Waals surface area contributed by atoms with Crippen molar-refractivity contribution in [3.63, 3.8) is 0 Å². The van der Waals surface area contributed by atoms with E-state index in [4.69, 9.17) is 4.74 Å². The Bertz CT molecular complexity index is 557. The number of ether oxygens (including phenoxy) is 1. The van der Waals surface area contributed by atoms with Gasteiger partial charge in [-0.3, -0.25) is 0 Å². The van der Waals surface area contributed by atoms with Crippen LogP contribution in [0.5, 0.6) is 0 Å². The van der Waals surface area contributed by atoms with Gasteiger partial charge >= 0.3 is 0 Å². The van der Waals surface area contributed by atoms with E-state index < -0.39 is 0 Å². The quantitative estimate of drug-likeness (QED) is 0.910. The number of benzene rings is 1. The molecule has 0 aliphatic carbocycles. The molecule has 20 heavy (non-hydrogen) atoms. The number of halogens is 1. The first-order valence-electron chi connectivity index (χ1n) is 6.50. The van der Waals surface area contributed by atoms with E-state index in [1.807, 2.05) is 26.0 Å². The standard InChI is InChI=1S/C15H18FN3O/c1-4-17-14-8-13(18-15(19-14)9-20-3)11-5-10(2)6-12(16)7-11/h5-8H,4,9H2,1-3H3,(H,17,18,19). The Morgan fingerprint density at radius 3 is 2.65 bits per heavy atom. The van der Waals surface area contributed by atoms with Gasteiger partial charge in [0.15, 0.2) is 5.82 Å². The summed E-state index contributed by atoms with van der Waals surface area (Å²) in [5, 5.41) is 3.15. The first-order chi connectivity index (χ1) is 9.62. The van der Waals surface area contributed by atoms with Crippen LogP contribution in [-0.4, -0.2) is 23.6 Å². The van der Waals surface area contributed by atoms with Gasteiger partial charge in [-0.25, -0.2) is 14.4 Å². The van der Waals surface area contributed by atoms with E-state index in [2.05, 4.69) is 15.3 Å². The lowest BCUT2D eigenvalue weighted by atomic mass is 10.1. The molecule has 1 heterocycles. The molecule has 0 bridgehead atoms. The van der Waals surface area contributed by atoms with Crippen molar-refractivity contribution < 1.29 is 9.13 Å². The van der Waals surface area contributed by atoms with E-state index in [0.29, 0.717) is 23.9 Å². The van der Waals surface area contributed by atoms with Crippen LogP contribution in [0.3, 0.4) is 0 Å². The number of aryl methyl sites for hydroxylation is 1. The van der Waals surface area contributed by atoms with Gasteiger partial charge in [0.05, 0.1) is 5.69 Å². The van der Waals surface area contributed by atoms with Crippen LogP contribution in [-0.2, 0) is 11.3 Å². The molecule has 0 atom stereocenters. The summed E-state index contributed by atoms with van der Waals surface area (Å²) in [4.78, 5) is 8.76. The molecule has 0 spiro atoms. The van der Waals surface area contributed by atoms with Crippen LogP contribution in [0, 0.1) is 12.7 Å². The SMILES string of the molecule is CCNc1cc(-c2cc(C)cc(F)c2)nc(COC)n1. The monoisotopic (exact) mass is 275 g/mol. The van der Waals surface area contributed by atoms with Crippen LogP contribution >= 0.6 is 0 Å². The molecule has 0 saturated carbocycles. The van der Waals surface area contributed by atoms with Gasteiger partial charge in [0, 0.05) is 25.3 Å². The molecule has 4 nitrogen and oxygen atoms in total. The van der Waals surface area contributed by atoms with Gasteiger partial charge in [0.25, 0.3) is 0 Å². The Hall–Kier alpha value is -2.01. The van der Waals surface area contributed by atoms with Crippen molar-refractivity contribution in [2.24, 2.45) is 0 Å². The molecular formula is C15H18FN3O. The Morgan fingerprint density at radius 2 is 2.00 bits per heavy atom. The van der Waals surface area contributed by atoms with Gasteiger partial charge in [-0.05, 0) is 37.6 Å². The zero-order chi connectivity index (χ0) is 14.5. The third-order valence-electron chi connectivity index (χ3n) is 2.74. The average molecular weight is 275 g/mol. The van der Waals surface area contributed by atoms with Gasteiger partial charge < -0.3 is 10.1 Å². The van der Waals surface area contributed by atoms with E-state index in [9.17, 15) is 4.39 Å². The second-order valence-corrected chi connectivity index (χ2v) is 4.54. The van der Waals surface area contributed by atoms with Crippen LogP contribution in [0.25, 0.3) is 11.3 Å². The number of hydrogen-bond donors (Lipinski definition) is 1. The smallest absolute Gasteiger partial charge is 0.157 e. The third kappa shape index (κ3) is 3.51. The van der Waals surface area contributed by atoms with Crippen LogP contribution in [0.15, 0.2) is 24.3 Å². The molecule has 0 aliphatic rings. The fourth-order valence-electron chi connectivity index (χ4n) is 1.99. The lowest BCUT2D eigenvalue weighted by Gasteiger charge is -2.09. The highest BCUT2D eigenvalue weighted by Crippen LogP contribution is 2.22. The van der Waals surface area contributed by atoms with Gasteiger partial charge in [-0.15, -0.1) is 0 Å². The molecule has 1 aromatic heterocycles. The number of nitrogens with one attached hydrogen (secondary N) is 1. The summed E-state index contributed by atoms with van der Waals surface area (Å²) in [6.45, 7) is 4.92. The summed E-state index contributed by atoms with van der Waals surface area (Å²) >= 11 is 0. The lowest BCUT2D eigenvalue weighted by molar-refractivity contribution is 0.178. The number of nitrogens with zero attached hydrogens (tertiary/aromatic N) is 2. The molecule has 0 aliphatic heterocycles. The topological polar surface area (TPSA) is 47.0 Å². The van der Waals surface area contributed by atoms with E-state index in [-0.39, 0.29) is 5.82 Å². The van der Waals surface area contributed by atoms with Crippen molar-refractivity contribution in [3.05, 3.63) is 41.5 Å². The number of aromatic nitrogens is 2. The number of anilines is 1. The maximum atomic E-state index is 13.5. The normalized spacial score (nSPS) is 10.6. The molecule has 106 valence electrons. The van der Waals surface area contributed by atoms with Gasteiger partial charge in [-0.2, -0.15) is 0 Å². The maximum absolute atomic E-state index is 13.5. The van der Waals surface area contributed by atoms with Crippen molar-refractivity contribution in [2.75, 3.05) is 19.0 Å². The van der Waals surface area contributed by atoms with E-state index in [1.165, 1.54) is 12.1 Å². The van der Waals surface area contributed by atoms with Gasteiger partial charge in [-0.1, -0.05) is 0 Å². The first-order valence-corrected chi connectivity index (χ1v) is 6.50. The van der Waals surface area contributed by atoms with Gasteiger partial charge in [0.2, 0.25) is 0 Å². The Balaban J connectivity index is 2.48. The minimum absolute atomic E-state index is 0.267. The average Bonchev–Trinajstić information content (AvgIpc) is 2.38. The zero-order valence-electron chi connectivity index (χ0n) is 11.9. The predicted octanol–water partition coefficient (Wildman–Crippen LogP) is 3.17. The molecule has 5 heteroatoms. The summed E-state index contributed by atoms with van der Waals surface area (Å²) in [7, 11) is 1.59. The zero-order valence-corrected chi connectivity index (χ0v) is 11.9. The second kappa shape index (κ2) is 6.43. The Kier molecular flexibility index (Phi) is 4.63. The molecule has 1 N–H and O–H groups in total. The van der Waals surface area contributed by atoms with Crippen LogP contribution in [0.1, 0.15) is 18.3 Å². The minimum Gasteiger partial charge on any atom is -0.377 e. The van der Waals surface area contributed by atoms with E-state index in [1.54, 1.807) is 7.11 Å². The van der Waals surface area contributed by atoms with Crippen molar-refractivity contribution >= 4 is 5.82 Å². The number of methoxy groups -OCH3 is 1. The molecule has 2 rings (SSSR count). The Morgan fingerprint density at radius 1 is 1.20 bits per heavy atom. The largest absolute Gasteiger partial charge is 0.377 e. The Labute approximate surface area is 118 Å². The van der Waals surface area contributed by atoms with Crippen molar-refractivity contribution in [2.45, 2.75) is 20.5 Å². The number of rotatable bonds is 5. The maximum Gasteiger partial charge on any atom is 0.157 e. The molecule has 0 fully saturated rings. The summed E-state index contributed by atoms with van der Waals surface area (Å²) < 4.78 is 18.6. The lowest BCUT2D eigenvalue weighted by Crippen LogP contribution is -2.05. The summed E-state index contributed by atoms with van der Waals surface area (Å²) in [6, 6.07) is 6.68. The highest BCUT2D eigenvalue weighted by molar-refractivity contribution is 5.63. The third-order valence-corrected chi connectivity index (χ3v) is 2.74. The first kappa shape index (κ1) is 14.4. The van der Waals surface area contributed by atoms with E-state index >= 15 is 0 Å². The second-order valence-electron chi connectivity index (χ2n) is 4.54. The van der Waals surface area contributed by atoms with E-state index in [0.717, 1.165) is 17.7 Å². The molecule has 0 radical (unpaired) electrons. The summed E-state index contributed by atoms with van der Waals surface area (Å²) in [6.07, 6.45) is 0. The molecular weight excluding hydrogens is 257 g/mol. The van der Waals surface area contributed by atoms with Crippen molar-refractivity contribution in [1.82, 2.24) is 9.97 Å². The highest BCUT2D eigenvalue weighted by Gasteiger charge is 2.08. The predicted molar refractivity (Wildman–Crippen MR) is 77.0 cm³/mol. The fraction of sp³-hybridized carbons (Fsp3) is 0.333. The molecule has 0 unspecified atom stereocenters.